The number of benzene rings is 1. The van der Waals surface area contributed by atoms with E-state index in [1.54, 1.807) is 7.11 Å². The summed E-state index contributed by atoms with van der Waals surface area (Å²) >= 11 is 0. The Bertz CT molecular complexity index is 525. The number of anilines is 1. The predicted octanol–water partition coefficient (Wildman–Crippen LogP) is 2.79. The number of likely N-dealkylation sites (N-methyl/N-ethyl adjacent to an activating group) is 1. The minimum Gasteiger partial charge on any atom is -0.496 e. The van der Waals surface area contributed by atoms with Crippen molar-refractivity contribution in [3.8, 4) is 5.75 Å². The van der Waals surface area contributed by atoms with Crippen LogP contribution in [0.2, 0.25) is 0 Å². The van der Waals surface area contributed by atoms with E-state index in [0.717, 1.165) is 36.5 Å². The second kappa shape index (κ2) is 6.48. The summed E-state index contributed by atoms with van der Waals surface area (Å²) in [5.74, 6) is 0.936. The smallest absolute Gasteiger partial charge is 0.124 e. The topological polar surface area (TPSA) is 39.6 Å². The van der Waals surface area contributed by atoms with Crippen LogP contribution < -0.4 is 9.64 Å². The Labute approximate surface area is 128 Å². The Morgan fingerprint density at radius 2 is 2.14 bits per heavy atom. The van der Waals surface area contributed by atoms with Crippen molar-refractivity contribution < 1.29 is 4.74 Å². The number of hydrogen-bond donors (Lipinski definition) is 1. The molecule has 0 aromatic heterocycles. The zero-order valence-corrected chi connectivity index (χ0v) is 13.9. The quantitative estimate of drug-likeness (QED) is 0.847. The lowest BCUT2D eigenvalue weighted by Gasteiger charge is -2.25. The molecule has 0 saturated carbocycles. The molecule has 21 heavy (non-hydrogen) atoms. The number of rotatable bonds is 5. The summed E-state index contributed by atoms with van der Waals surface area (Å²) in [6, 6.07) is 4.82. The Balaban J connectivity index is 2.40. The molecule has 1 unspecified atom stereocenters. The van der Waals surface area contributed by atoms with Crippen LogP contribution in [0.1, 0.15) is 31.4 Å². The minimum atomic E-state index is 0.584. The molecule has 1 heterocycles. The molecule has 0 bridgehead atoms. The standard InChI is InChI=1S/C17H27N3O/c1-6-13-9-15(12(2)18)16(10-17(13)21-5)20-8-7-14(11-20)19(3)4/h9-10,14,18H,6-8,11H2,1-5H3. The van der Waals surface area contributed by atoms with Crippen molar-refractivity contribution in [3.05, 3.63) is 23.3 Å². The van der Waals surface area contributed by atoms with Crippen molar-refractivity contribution in [2.75, 3.05) is 39.2 Å². The average molecular weight is 289 g/mol. The zero-order valence-electron chi connectivity index (χ0n) is 13.9. The van der Waals surface area contributed by atoms with Crippen LogP contribution in [-0.2, 0) is 6.42 Å². The van der Waals surface area contributed by atoms with E-state index in [1.807, 2.05) is 6.92 Å². The number of methoxy groups -OCH3 is 1. The summed E-state index contributed by atoms with van der Waals surface area (Å²) in [6.45, 7) is 6.04. The molecule has 1 fully saturated rings. The van der Waals surface area contributed by atoms with Gasteiger partial charge >= 0.3 is 0 Å². The lowest BCUT2D eigenvalue weighted by Crippen LogP contribution is -2.32. The van der Waals surface area contributed by atoms with Crippen LogP contribution in [-0.4, -0.2) is 50.9 Å². The van der Waals surface area contributed by atoms with Gasteiger partial charge in [-0.25, -0.2) is 0 Å². The maximum Gasteiger partial charge on any atom is 0.124 e. The number of aryl methyl sites for hydroxylation is 1. The van der Waals surface area contributed by atoms with E-state index in [0.29, 0.717) is 11.8 Å². The fourth-order valence-electron chi connectivity index (χ4n) is 3.02. The van der Waals surface area contributed by atoms with Gasteiger partial charge in [0.2, 0.25) is 0 Å². The van der Waals surface area contributed by atoms with E-state index >= 15 is 0 Å². The van der Waals surface area contributed by atoms with Crippen LogP contribution in [0, 0.1) is 5.41 Å². The molecule has 4 heteroatoms. The van der Waals surface area contributed by atoms with Crippen LogP contribution in [0.15, 0.2) is 12.1 Å². The molecule has 1 aliphatic rings. The van der Waals surface area contributed by atoms with Gasteiger partial charge in [-0.1, -0.05) is 6.92 Å². The first-order chi connectivity index (χ1) is 9.97. The van der Waals surface area contributed by atoms with E-state index < -0.39 is 0 Å². The van der Waals surface area contributed by atoms with Gasteiger partial charge < -0.3 is 19.9 Å². The molecule has 4 nitrogen and oxygen atoms in total. The molecular formula is C17H27N3O. The van der Waals surface area contributed by atoms with Gasteiger partial charge in [0.1, 0.15) is 5.75 Å². The third-order valence-corrected chi connectivity index (χ3v) is 4.42. The summed E-state index contributed by atoms with van der Waals surface area (Å²) in [5, 5.41) is 8.10. The van der Waals surface area contributed by atoms with Crippen molar-refractivity contribution in [3.63, 3.8) is 0 Å². The van der Waals surface area contributed by atoms with E-state index in [4.69, 9.17) is 10.1 Å². The van der Waals surface area contributed by atoms with Gasteiger partial charge in [-0.05, 0) is 45.5 Å². The average Bonchev–Trinajstić information content (AvgIpc) is 2.95. The predicted molar refractivity (Wildman–Crippen MR) is 89.2 cm³/mol. The van der Waals surface area contributed by atoms with Crippen molar-refractivity contribution in [1.82, 2.24) is 4.90 Å². The molecule has 0 spiro atoms. The SMILES string of the molecule is CCc1cc(C(C)=N)c(N2CCC(N(C)C)C2)cc1OC. The maximum atomic E-state index is 8.10. The van der Waals surface area contributed by atoms with Crippen LogP contribution >= 0.6 is 0 Å². The summed E-state index contributed by atoms with van der Waals surface area (Å²) in [4.78, 5) is 4.68. The van der Waals surface area contributed by atoms with Crippen molar-refractivity contribution >= 4 is 11.4 Å². The molecule has 1 aliphatic heterocycles. The summed E-state index contributed by atoms with van der Waals surface area (Å²) in [7, 11) is 6.00. The third-order valence-electron chi connectivity index (χ3n) is 4.42. The molecule has 1 N–H and O–H groups in total. The van der Waals surface area contributed by atoms with Gasteiger partial charge in [-0.3, -0.25) is 0 Å². The first-order valence-corrected chi connectivity index (χ1v) is 7.65. The zero-order chi connectivity index (χ0) is 15.6. The summed E-state index contributed by atoms with van der Waals surface area (Å²) in [6.07, 6.45) is 2.09. The largest absolute Gasteiger partial charge is 0.496 e. The second-order valence-corrected chi connectivity index (χ2v) is 6.01. The van der Waals surface area contributed by atoms with E-state index in [9.17, 15) is 0 Å². The van der Waals surface area contributed by atoms with Crippen LogP contribution in [0.3, 0.4) is 0 Å². The molecule has 116 valence electrons. The maximum absolute atomic E-state index is 8.10. The monoisotopic (exact) mass is 289 g/mol. The molecule has 0 amide bonds. The van der Waals surface area contributed by atoms with Gasteiger partial charge in [0.15, 0.2) is 0 Å². The lowest BCUT2D eigenvalue weighted by atomic mass is 10.0. The molecule has 1 aromatic rings. The Morgan fingerprint density at radius 3 is 2.62 bits per heavy atom. The van der Waals surface area contributed by atoms with Gasteiger partial charge in [0.25, 0.3) is 0 Å². The Morgan fingerprint density at radius 1 is 1.43 bits per heavy atom. The Kier molecular flexibility index (Phi) is 4.88. The number of nitrogens with zero attached hydrogens (tertiary/aromatic N) is 2. The van der Waals surface area contributed by atoms with Gasteiger partial charge in [0, 0.05) is 42.2 Å². The van der Waals surface area contributed by atoms with Crippen molar-refractivity contribution in [2.45, 2.75) is 32.7 Å². The highest BCUT2D eigenvalue weighted by molar-refractivity contribution is 6.02. The van der Waals surface area contributed by atoms with E-state index in [-0.39, 0.29) is 0 Å². The van der Waals surface area contributed by atoms with Gasteiger partial charge in [-0.15, -0.1) is 0 Å². The fourth-order valence-corrected chi connectivity index (χ4v) is 3.02. The first kappa shape index (κ1) is 15.8. The van der Waals surface area contributed by atoms with E-state index in [1.165, 1.54) is 12.0 Å². The molecular weight excluding hydrogens is 262 g/mol. The Hall–Kier alpha value is -1.55. The van der Waals surface area contributed by atoms with Gasteiger partial charge in [0.05, 0.1) is 7.11 Å². The number of nitrogens with one attached hydrogen (secondary N) is 1. The van der Waals surface area contributed by atoms with Crippen LogP contribution in [0.5, 0.6) is 5.75 Å². The van der Waals surface area contributed by atoms with Crippen molar-refractivity contribution in [1.29, 1.82) is 5.41 Å². The second-order valence-electron chi connectivity index (χ2n) is 6.01. The fraction of sp³-hybridized carbons (Fsp3) is 0.588. The summed E-state index contributed by atoms with van der Waals surface area (Å²) < 4.78 is 5.54. The van der Waals surface area contributed by atoms with E-state index in [2.05, 4.69) is 43.0 Å². The highest BCUT2D eigenvalue weighted by atomic mass is 16.5. The molecule has 1 aromatic carbocycles. The highest BCUT2D eigenvalue weighted by Crippen LogP contribution is 2.33. The van der Waals surface area contributed by atoms with Crippen LogP contribution in [0.25, 0.3) is 0 Å². The third kappa shape index (κ3) is 3.21. The number of ether oxygens (including phenoxy) is 1. The molecule has 1 saturated heterocycles. The molecule has 0 aliphatic carbocycles. The molecule has 1 atom stereocenters. The highest BCUT2D eigenvalue weighted by Gasteiger charge is 2.26. The summed E-state index contributed by atoms with van der Waals surface area (Å²) in [5.41, 5.74) is 3.97. The minimum absolute atomic E-state index is 0.584. The van der Waals surface area contributed by atoms with Gasteiger partial charge in [-0.2, -0.15) is 0 Å². The van der Waals surface area contributed by atoms with Crippen molar-refractivity contribution in [2.24, 2.45) is 0 Å². The number of hydrogen-bond acceptors (Lipinski definition) is 4. The molecule has 2 rings (SSSR count). The first-order valence-electron chi connectivity index (χ1n) is 7.65. The molecule has 0 radical (unpaired) electrons. The van der Waals surface area contributed by atoms with Crippen LogP contribution in [0.4, 0.5) is 5.69 Å². The normalized spacial score (nSPS) is 18.4. The lowest BCUT2D eigenvalue weighted by molar-refractivity contribution is 0.315.